The first-order valence-electron chi connectivity index (χ1n) is 9.13. The Hall–Kier alpha value is -3.13. The van der Waals surface area contributed by atoms with Crippen LogP contribution < -0.4 is 5.32 Å². The number of benzene rings is 2. The maximum absolute atomic E-state index is 12.7. The summed E-state index contributed by atoms with van der Waals surface area (Å²) in [4.78, 5) is 27.1. The van der Waals surface area contributed by atoms with E-state index in [0.717, 1.165) is 5.56 Å². The van der Waals surface area contributed by atoms with Crippen LogP contribution in [0.5, 0.6) is 0 Å². The summed E-state index contributed by atoms with van der Waals surface area (Å²) in [5.41, 5.74) is 1.72. The van der Waals surface area contributed by atoms with Gasteiger partial charge in [0, 0.05) is 30.6 Å². The van der Waals surface area contributed by atoms with Crippen molar-refractivity contribution in [3.63, 3.8) is 0 Å². The van der Waals surface area contributed by atoms with E-state index in [2.05, 4.69) is 11.4 Å². The Kier molecular flexibility index (Phi) is 5.56. The number of nitrogens with zero attached hydrogens (tertiary/aromatic N) is 2. The zero-order chi connectivity index (χ0) is 19.3. The number of nitriles is 1. The van der Waals surface area contributed by atoms with Crippen LogP contribution in [0.25, 0.3) is 0 Å². The van der Waals surface area contributed by atoms with E-state index in [-0.39, 0.29) is 11.8 Å². The molecule has 0 aromatic heterocycles. The number of amides is 2. The number of rotatable bonds is 4. The van der Waals surface area contributed by atoms with E-state index in [1.807, 2.05) is 37.3 Å². The first-order valence-corrected chi connectivity index (χ1v) is 9.13. The van der Waals surface area contributed by atoms with Crippen molar-refractivity contribution in [3.05, 3.63) is 71.3 Å². The molecule has 138 valence electrons. The molecule has 2 amide bonds. The average molecular weight is 361 g/mol. The first kappa shape index (κ1) is 18.7. The highest BCUT2D eigenvalue weighted by Gasteiger charge is 2.38. The summed E-state index contributed by atoms with van der Waals surface area (Å²) in [6.45, 7) is 3.59. The SMILES string of the molecule is CC1(C(=O)NCc2ccccc2)CCN(C(=O)c2ccc(C#N)cc2)CC1. The van der Waals surface area contributed by atoms with Gasteiger partial charge < -0.3 is 10.2 Å². The Labute approximate surface area is 159 Å². The van der Waals surface area contributed by atoms with Crippen LogP contribution in [0.1, 0.15) is 41.3 Å². The molecule has 27 heavy (non-hydrogen) atoms. The van der Waals surface area contributed by atoms with Gasteiger partial charge in [-0.3, -0.25) is 9.59 Å². The van der Waals surface area contributed by atoms with Gasteiger partial charge in [-0.15, -0.1) is 0 Å². The summed E-state index contributed by atoms with van der Waals surface area (Å²) in [6.07, 6.45) is 1.27. The van der Waals surface area contributed by atoms with Crippen molar-refractivity contribution in [2.75, 3.05) is 13.1 Å². The minimum Gasteiger partial charge on any atom is -0.352 e. The molecule has 3 rings (SSSR count). The molecule has 1 heterocycles. The summed E-state index contributed by atoms with van der Waals surface area (Å²) in [6, 6.07) is 18.6. The number of piperidine rings is 1. The predicted octanol–water partition coefficient (Wildman–Crippen LogP) is 3.12. The predicted molar refractivity (Wildman–Crippen MR) is 103 cm³/mol. The molecule has 0 bridgehead atoms. The fourth-order valence-corrected chi connectivity index (χ4v) is 3.29. The van der Waals surface area contributed by atoms with Crippen molar-refractivity contribution in [2.24, 2.45) is 5.41 Å². The Bertz CT molecular complexity index is 845. The third-order valence-electron chi connectivity index (χ3n) is 5.26. The Morgan fingerprint density at radius 3 is 2.30 bits per heavy atom. The van der Waals surface area contributed by atoms with E-state index in [1.165, 1.54) is 0 Å². The van der Waals surface area contributed by atoms with E-state index >= 15 is 0 Å². The minimum absolute atomic E-state index is 0.0387. The van der Waals surface area contributed by atoms with E-state index in [1.54, 1.807) is 29.2 Å². The minimum atomic E-state index is -0.462. The van der Waals surface area contributed by atoms with E-state index in [9.17, 15) is 9.59 Å². The zero-order valence-corrected chi connectivity index (χ0v) is 15.4. The highest BCUT2D eigenvalue weighted by molar-refractivity contribution is 5.94. The highest BCUT2D eigenvalue weighted by atomic mass is 16.2. The molecular formula is C22H23N3O2. The molecule has 1 N–H and O–H groups in total. The maximum atomic E-state index is 12.7. The monoisotopic (exact) mass is 361 g/mol. The van der Waals surface area contributed by atoms with E-state index < -0.39 is 5.41 Å². The van der Waals surface area contributed by atoms with Crippen LogP contribution in [0.4, 0.5) is 0 Å². The van der Waals surface area contributed by atoms with Gasteiger partial charge in [-0.2, -0.15) is 5.26 Å². The Morgan fingerprint density at radius 2 is 1.70 bits per heavy atom. The average Bonchev–Trinajstić information content (AvgIpc) is 2.73. The molecule has 2 aromatic rings. The number of likely N-dealkylation sites (tertiary alicyclic amines) is 1. The maximum Gasteiger partial charge on any atom is 0.253 e. The van der Waals surface area contributed by atoms with Gasteiger partial charge >= 0.3 is 0 Å². The lowest BCUT2D eigenvalue weighted by molar-refractivity contribution is -0.132. The molecule has 0 saturated carbocycles. The highest BCUT2D eigenvalue weighted by Crippen LogP contribution is 2.31. The Morgan fingerprint density at radius 1 is 1.07 bits per heavy atom. The quantitative estimate of drug-likeness (QED) is 0.909. The molecule has 0 spiro atoms. The number of nitrogens with one attached hydrogen (secondary N) is 1. The molecule has 2 aromatic carbocycles. The smallest absolute Gasteiger partial charge is 0.253 e. The van der Waals surface area contributed by atoms with Gasteiger partial charge in [-0.25, -0.2) is 0 Å². The van der Waals surface area contributed by atoms with Crippen molar-refractivity contribution in [2.45, 2.75) is 26.3 Å². The molecule has 0 atom stereocenters. The third kappa shape index (κ3) is 4.35. The Balaban J connectivity index is 1.55. The fraction of sp³-hybridized carbons (Fsp3) is 0.318. The van der Waals surface area contributed by atoms with Crippen molar-refractivity contribution < 1.29 is 9.59 Å². The molecule has 5 heteroatoms. The molecular weight excluding hydrogens is 338 g/mol. The number of hydrogen-bond acceptors (Lipinski definition) is 3. The standard InChI is InChI=1S/C22H23N3O2/c1-22(21(27)24-16-18-5-3-2-4-6-18)11-13-25(14-12-22)20(26)19-9-7-17(15-23)8-10-19/h2-10H,11-14,16H2,1H3,(H,24,27). The van der Waals surface area contributed by atoms with Crippen LogP contribution in [0, 0.1) is 16.7 Å². The largest absolute Gasteiger partial charge is 0.352 e. The third-order valence-corrected chi connectivity index (χ3v) is 5.26. The van der Waals surface area contributed by atoms with Crippen molar-refractivity contribution in [1.82, 2.24) is 10.2 Å². The normalized spacial score (nSPS) is 15.6. The summed E-state index contributed by atoms with van der Waals surface area (Å²) in [7, 11) is 0. The number of carbonyl (C=O) groups excluding carboxylic acids is 2. The lowest BCUT2D eigenvalue weighted by Crippen LogP contribution is -2.48. The molecule has 1 fully saturated rings. The topological polar surface area (TPSA) is 73.2 Å². The number of hydrogen-bond donors (Lipinski definition) is 1. The van der Waals surface area contributed by atoms with Crippen LogP contribution in [-0.2, 0) is 11.3 Å². The molecule has 0 unspecified atom stereocenters. The van der Waals surface area contributed by atoms with Crippen LogP contribution in [-0.4, -0.2) is 29.8 Å². The van der Waals surface area contributed by atoms with Crippen molar-refractivity contribution >= 4 is 11.8 Å². The van der Waals surface area contributed by atoms with Gasteiger partial charge in [0.2, 0.25) is 5.91 Å². The lowest BCUT2D eigenvalue weighted by atomic mass is 9.79. The van der Waals surface area contributed by atoms with Crippen LogP contribution in [0.3, 0.4) is 0 Å². The molecule has 1 aliphatic rings. The van der Waals surface area contributed by atoms with Gasteiger partial charge in [0.05, 0.1) is 11.6 Å². The summed E-state index contributed by atoms with van der Waals surface area (Å²) in [5, 5.41) is 11.9. The fourth-order valence-electron chi connectivity index (χ4n) is 3.29. The van der Waals surface area contributed by atoms with Gasteiger partial charge in [-0.1, -0.05) is 37.3 Å². The van der Waals surface area contributed by atoms with Crippen molar-refractivity contribution in [3.8, 4) is 6.07 Å². The second-order valence-electron chi connectivity index (χ2n) is 7.21. The van der Waals surface area contributed by atoms with Crippen molar-refractivity contribution in [1.29, 1.82) is 5.26 Å². The first-order chi connectivity index (χ1) is 13.0. The lowest BCUT2D eigenvalue weighted by Gasteiger charge is -2.38. The molecule has 0 radical (unpaired) electrons. The van der Waals surface area contributed by atoms with Crippen LogP contribution in [0.2, 0.25) is 0 Å². The van der Waals surface area contributed by atoms with Crippen LogP contribution in [0.15, 0.2) is 54.6 Å². The van der Waals surface area contributed by atoms with Gasteiger partial charge in [0.25, 0.3) is 5.91 Å². The summed E-state index contributed by atoms with van der Waals surface area (Å²) >= 11 is 0. The second kappa shape index (κ2) is 8.05. The van der Waals surface area contributed by atoms with E-state index in [0.29, 0.717) is 43.6 Å². The summed E-state index contributed by atoms with van der Waals surface area (Å²) in [5.74, 6) is -0.0111. The molecule has 0 aliphatic carbocycles. The molecule has 1 saturated heterocycles. The molecule has 5 nitrogen and oxygen atoms in total. The van der Waals surface area contributed by atoms with Crippen LogP contribution >= 0.6 is 0 Å². The number of carbonyl (C=O) groups is 2. The van der Waals surface area contributed by atoms with Gasteiger partial charge in [0.15, 0.2) is 0 Å². The van der Waals surface area contributed by atoms with Gasteiger partial charge in [-0.05, 0) is 42.7 Å². The molecule has 1 aliphatic heterocycles. The zero-order valence-electron chi connectivity index (χ0n) is 15.4. The van der Waals surface area contributed by atoms with E-state index in [4.69, 9.17) is 5.26 Å². The summed E-state index contributed by atoms with van der Waals surface area (Å²) < 4.78 is 0. The second-order valence-corrected chi connectivity index (χ2v) is 7.21. The van der Waals surface area contributed by atoms with Gasteiger partial charge in [0.1, 0.15) is 0 Å².